The van der Waals surface area contributed by atoms with Crippen LogP contribution in [-0.2, 0) is 0 Å². The second-order valence-electron chi connectivity index (χ2n) is 5.56. The van der Waals surface area contributed by atoms with Gasteiger partial charge in [-0.15, -0.1) is 11.3 Å². The highest BCUT2D eigenvalue weighted by Gasteiger charge is 2.29. The molecule has 0 aliphatic heterocycles. The number of ether oxygens (including phenoxy) is 1. The summed E-state index contributed by atoms with van der Waals surface area (Å²) in [7, 11) is 1.66. The zero-order chi connectivity index (χ0) is 18.8. The van der Waals surface area contributed by atoms with Crippen molar-refractivity contribution < 1.29 is 22.7 Å². The summed E-state index contributed by atoms with van der Waals surface area (Å²) in [6.07, 6.45) is -3.22. The van der Waals surface area contributed by atoms with Gasteiger partial charge in [0.15, 0.2) is 6.61 Å². The number of aromatic nitrogens is 2. The van der Waals surface area contributed by atoms with Gasteiger partial charge in [0.05, 0.1) is 22.3 Å². The molecule has 5 nitrogen and oxygen atoms in total. The van der Waals surface area contributed by atoms with Crippen molar-refractivity contribution in [3.05, 3.63) is 39.5 Å². The largest absolute Gasteiger partial charge is 0.468 e. The number of carbonyl (C=O) groups excluding carboxylic acids is 1. The second-order valence-corrected chi connectivity index (χ2v) is 6.80. The van der Waals surface area contributed by atoms with Crippen LogP contribution >= 0.6 is 11.3 Å². The fourth-order valence-corrected chi connectivity index (χ4v) is 3.26. The van der Waals surface area contributed by atoms with E-state index in [1.165, 1.54) is 29.7 Å². The van der Waals surface area contributed by atoms with Gasteiger partial charge in [-0.25, -0.2) is 9.97 Å². The molecule has 0 spiro atoms. The van der Waals surface area contributed by atoms with Gasteiger partial charge in [-0.1, -0.05) is 0 Å². The molecule has 0 saturated heterocycles. The number of alkyl halides is 3. The topological polar surface area (TPSA) is 55.3 Å². The van der Waals surface area contributed by atoms with E-state index < -0.39 is 12.8 Å². The van der Waals surface area contributed by atoms with Crippen molar-refractivity contribution in [1.29, 1.82) is 0 Å². The third-order valence-electron chi connectivity index (χ3n) is 3.59. The lowest BCUT2D eigenvalue weighted by molar-refractivity contribution is -0.154. The van der Waals surface area contributed by atoms with Crippen LogP contribution in [0.5, 0.6) is 5.88 Å². The SMILES string of the molecule is Cc1nc(C)c(C(C)N(C)C(=O)c2ccc(OCC(F)(F)F)nc2)s1. The van der Waals surface area contributed by atoms with E-state index in [1.807, 2.05) is 20.8 Å². The highest BCUT2D eigenvalue weighted by atomic mass is 32.1. The Kier molecular flexibility index (Phi) is 5.66. The molecule has 0 aliphatic rings. The minimum atomic E-state index is -4.43. The molecule has 0 fully saturated rings. The molecule has 2 aromatic heterocycles. The van der Waals surface area contributed by atoms with Gasteiger partial charge in [-0.3, -0.25) is 4.79 Å². The molecule has 0 saturated carbocycles. The van der Waals surface area contributed by atoms with E-state index in [2.05, 4.69) is 14.7 Å². The number of carbonyl (C=O) groups is 1. The highest BCUT2D eigenvalue weighted by Crippen LogP contribution is 2.29. The van der Waals surface area contributed by atoms with Crippen LogP contribution in [0.4, 0.5) is 13.2 Å². The lowest BCUT2D eigenvalue weighted by Gasteiger charge is -2.24. The molecule has 0 radical (unpaired) electrons. The third kappa shape index (κ3) is 4.91. The first-order valence-corrected chi connectivity index (χ1v) is 8.27. The first-order chi connectivity index (χ1) is 11.6. The number of rotatable bonds is 5. The summed E-state index contributed by atoms with van der Waals surface area (Å²) in [6.45, 7) is 4.27. The molecule has 0 aromatic carbocycles. The molecule has 1 amide bonds. The van der Waals surface area contributed by atoms with Gasteiger partial charge in [-0.05, 0) is 26.8 Å². The van der Waals surface area contributed by atoms with Crippen LogP contribution in [0.1, 0.15) is 38.9 Å². The van der Waals surface area contributed by atoms with Crippen molar-refractivity contribution in [2.24, 2.45) is 0 Å². The molecule has 0 bridgehead atoms. The van der Waals surface area contributed by atoms with Gasteiger partial charge in [0.1, 0.15) is 0 Å². The van der Waals surface area contributed by atoms with E-state index in [4.69, 9.17) is 0 Å². The van der Waals surface area contributed by atoms with Crippen molar-refractivity contribution in [2.75, 3.05) is 13.7 Å². The highest BCUT2D eigenvalue weighted by molar-refractivity contribution is 7.11. The fraction of sp³-hybridized carbons (Fsp3) is 0.438. The Labute approximate surface area is 147 Å². The van der Waals surface area contributed by atoms with Crippen LogP contribution in [0.3, 0.4) is 0 Å². The van der Waals surface area contributed by atoms with Crippen LogP contribution in [0.25, 0.3) is 0 Å². The lowest BCUT2D eigenvalue weighted by Crippen LogP contribution is -2.29. The second kappa shape index (κ2) is 7.38. The Balaban J connectivity index is 2.07. The van der Waals surface area contributed by atoms with E-state index in [-0.39, 0.29) is 23.4 Å². The van der Waals surface area contributed by atoms with Crippen molar-refractivity contribution in [1.82, 2.24) is 14.9 Å². The molecular formula is C16H18F3N3O2S. The number of nitrogens with zero attached hydrogens (tertiary/aromatic N) is 3. The number of halogens is 3. The Morgan fingerprint density at radius 1 is 1.36 bits per heavy atom. The van der Waals surface area contributed by atoms with Crippen LogP contribution in [0, 0.1) is 13.8 Å². The quantitative estimate of drug-likeness (QED) is 0.797. The maximum atomic E-state index is 12.6. The van der Waals surface area contributed by atoms with E-state index in [1.54, 1.807) is 11.9 Å². The van der Waals surface area contributed by atoms with E-state index in [0.29, 0.717) is 0 Å². The van der Waals surface area contributed by atoms with Gasteiger partial charge in [0.2, 0.25) is 5.88 Å². The molecule has 9 heteroatoms. The summed E-state index contributed by atoms with van der Waals surface area (Å²) in [4.78, 5) is 23.2. The van der Waals surface area contributed by atoms with Gasteiger partial charge in [-0.2, -0.15) is 13.2 Å². The Morgan fingerprint density at radius 3 is 2.52 bits per heavy atom. The first kappa shape index (κ1) is 19.2. The molecule has 2 heterocycles. The van der Waals surface area contributed by atoms with E-state index in [9.17, 15) is 18.0 Å². The summed E-state index contributed by atoms with van der Waals surface area (Å²) in [5.41, 5.74) is 1.15. The normalized spacial score (nSPS) is 12.8. The summed E-state index contributed by atoms with van der Waals surface area (Å²) < 4.78 is 40.9. The number of hydrogen-bond donors (Lipinski definition) is 0. The molecule has 0 N–H and O–H groups in total. The molecule has 1 atom stereocenters. The van der Waals surface area contributed by atoms with E-state index in [0.717, 1.165) is 15.6 Å². The predicted molar refractivity (Wildman–Crippen MR) is 87.9 cm³/mol. The summed E-state index contributed by atoms with van der Waals surface area (Å²) in [6, 6.07) is 2.47. The number of thiazole rings is 1. The number of hydrogen-bond acceptors (Lipinski definition) is 5. The first-order valence-electron chi connectivity index (χ1n) is 7.45. The molecular weight excluding hydrogens is 355 g/mol. The summed E-state index contributed by atoms with van der Waals surface area (Å²) in [5.74, 6) is -0.466. The molecule has 0 aliphatic carbocycles. The molecule has 25 heavy (non-hydrogen) atoms. The summed E-state index contributed by atoms with van der Waals surface area (Å²) >= 11 is 1.53. The average Bonchev–Trinajstić information content (AvgIpc) is 2.89. The Hall–Kier alpha value is -2.16. The third-order valence-corrected chi connectivity index (χ3v) is 4.83. The summed E-state index contributed by atoms with van der Waals surface area (Å²) in [5, 5.41) is 0.924. The maximum Gasteiger partial charge on any atom is 0.422 e. The minimum Gasteiger partial charge on any atom is -0.468 e. The fourth-order valence-electron chi connectivity index (χ4n) is 2.24. The van der Waals surface area contributed by atoms with Crippen LogP contribution in [0.2, 0.25) is 0 Å². The Morgan fingerprint density at radius 2 is 2.04 bits per heavy atom. The van der Waals surface area contributed by atoms with Gasteiger partial charge >= 0.3 is 6.18 Å². The van der Waals surface area contributed by atoms with Crippen molar-refractivity contribution in [2.45, 2.75) is 33.0 Å². The molecule has 136 valence electrons. The zero-order valence-corrected chi connectivity index (χ0v) is 15.0. The van der Waals surface area contributed by atoms with Crippen molar-refractivity contribution in [3.8, 4) is 5.88 Å². The van der Waals surface area contributed by atoms with Crippen LogP contribution < -0.4 is 4.74 Å². The van der Waals surface area contributed by atoms with Gasteiger partial charge in [0.25, 0.3) is 5.91 Å². The monoisotopic (exact) mass is 373 g/mol. The van der Waals surface area contributed by atoms with Crippen LogP contribution in [-0.4, -0.2) is 40.6 Å². The minimum absolute atomic E-state index is 0.181. The van der Waals surface area contributed by atoms with Crippen molar-refractivity contribution in [3.63, 3.8) is 0 Å². The molecule has 1 unspecified atom stereocenters. The van der Waals surface area contributed by atoms with Gasteiger partial charge < -0.3 is 9.64 Å². The maximum absolute atomic E-state index is 12.6. The molecule has 2 aromatic rings. The van der Waals surface area contributed by atoms with E-state index >= 15 is 0 Å². The van der Waals surface area contributed by atoms with Crippen molar-refractivity contribution >= 4 is 17.2 Å². The standard InChI is InChI=1S/C16H18F3N3O2S/c1-9-14(25-11(3)21-9)10(2)22(4)15(23)12-5-6-13(20-7-12)24-8-16(17,18)19/h5-7,10H,8H2,1-4H3. The zero-order valence-electron chi connectivity index (χ0n) is 14.2. The number of aryl methyl sites for hydroxylation is 2. The molecule has 2 rings (SSSR count). The number of amides is 1. The van der Waals surface area contributed by atoms with Crippen LogP contribution in [0.15, 0.2) is 18.3 Å². The lowest BCUT2D eigenvalue weighted by atomic mass is 10.2. The number of pyridine rings is 1. The smallest absolute Gasteiger partial charge is 0.422 e. The van der Waals surface area contributed by atoms with Gasteiger partial charge in [0, 0.05) is 24.2 Å². The predicted octanol–water partition coefficient (Wildman–Crippen LogP) is 3.93. The Bertz CT molecular complexity index is 744. The average molecular weight is 373 g/mol.